The Hall–Kier alpha value is 3.07. The molecule has 0 aromatic rings. The van der Waals surface area contributed by atoms with Crippen molar-refractivity contribution in [3.05, 3.63) is 0 Å². The Kier molecular flexibility index (Phi) is 51.5. The molecule has 0 aromatic carbocycles. The molecule has 3 nitrogen and oxygen atoms in total. The molecule has 0 bridgehead atoms. The van der Waals surface area contributed by atoms with Gasteiger partial charge in [0.15, 0.2) is 0 Å². The van der Waals surface area contributed by atoms with Crippen LogP contribution in [-0.2, 0) is 11.4 Å². The van der Waals surface area contributed by atoms with Gasteiger partial charge in [-0.1, -0.05) is 0 Å². The van der Waals surface area contributed by atoms with Crippen LogP contribution in [-0.4, -0.2) is 13.3 Å². The Labute approximate surface area is 111 Å². The summed E-state index contributed by atoms with van der Waals surface area (Å²) in [5.74, 6) is 0. The van der Waals surface area contributed by atoms with Crippen molar-refractivity contribution in [2.45, 2.75) is 0 Å². The van der Waals surface area contributed by atoms with Gasteiger partial charge in [-0.25, -0.2) is 0 Å². The van der Waals surface area contributed by atoms with Crippen molar-refractivity contribution < 1.29 is 102 Å². The third-order valence-corrected chi connectivity index (χ3v) is 0. The maximum absolute atomic E-state index is 8.67. The molecule has 0 saturated heterocycles. The van der Waals surface area contributed by atoms with Gasteiger partial charge >= 0.3 is 88.7 Å². The van der Waals surface area contributed by atoms with Gasteiger partial charge in [-0.15, -0.1) is 0 Å². The van der Waals surface area contributed by atoms with Crippen LogP contribution in [0.5, 0.6) is 0 Å². The van der Waals surface area contributed by atoms with Gasteiger partial charge in [0.25, 0.3) is 11.4 Å². The van der Waals surface area contributed by atoms with Crippen molar-refractivity contribution in [2.24, 2.45) is 0 Å². The second kappa shape index (κ2) is 16.0. The molecule has 0 fully saturated rings. The molecule has 0 unspecified atom stereocenters. The van der Waals surface area contributed by atoms with Gasteiger partial charge in [0.2, 0.25) is 0 Å². The first kappa shape index (κ1) is 22.5. The summed E-state index contributed by atoms with van der Waals surface area (Å²) in [5.41, 5.74) is 0. The van der Waals surface area contributed by atoms with Gasteiger partial charge in [-0.05, 0) is 0 Å². The second-order valence-corrected chi connectivity index (χ2v) is 0.692. The Bertz CT molecular complexity index is 33.2. The fourth-order valence-electron chi connectivity index (χ4n) is 0. The van der Waals surface area contributed by atoms with Gasteiger partial charge in [-0.3, -0.25) is 9.11 Å². The van der Waals surface area contributed by atoms with Crippen molar-refractivity contribution >= 4 is 11.4 Å². The minimum atomic E-state index is -2.61. The molecule has 0 rings (SSSR count). The molecule has 0 radical (unpaired) electrons. The van der Waals surface area contributed by atoms with Crippen molar-refractivity contribution in [1.29, 1.82) is 0 Å². The average molecular weight is 151 g/mol. The third-order valence-electron chi connectivity index (χ3n) is 0. The van der Waals surface area contributed by atoms with Crippen LogP contribution in [0.4, 0.5) is 0 Å². The van der Waals surface area contributed by atoms with E-state index in [2.05, 4.69) is 0 Å². The molecule has 0 aliphatic carbocycles. The maximum atomic E-state index is 8.67. The molecule has 0 aliphatic heterocycles. The fraction of sp³-hybridized carbons (Fsp3) is 0. The molecule has 0 aromatic heterocycles. The van der Waals surface area contributed by atoms with E-state index in [-0.39, 0.29) is 88.7 Å². The van der Waals surface area contributed by atoms with Gasteiger partial charge in [0.1, 0.15) is 0 Å². The second-order valence-electron chi connectivity index (χ2n) is 0.231. The van der Waals surface area contributed by atoms with E-state index in [0.29, 0.717) is 0 Å². The van der Waals surface area contributed by atoms with Crippen LogP contribution in [0, 0.1) is 0 Å². The monoisotopic (exact) mass is 151 g/mol. The molecule has 0 atom stereocenters. The van der Waals surface area contributed by atoms with Gasteiger partial charge in [0.05, 0.1) is 0 Å². The minimum Gasteiger partial charge on any atom is -0.284 e. The fourth-order valence-corrected chi connectivity index (χ4v) is 0. The topological polar surface area (TPSA) is 57.5 Å². The van der Waals surface area contributed by atoms with Gasteiger partial charge in [-0.2, -0.15) is 4.21 Å². The summed E-state index contributed by atoms with van der Waals surface area (Å²) in [5, 5.41) is 0. The molecule has 7 heteroatoms. The van der Waals surface area contributed by atoms with E-state index in [1.165, 1.54) is 0 Å². The smallest absolute Gasteiger partial charge is 0.284 e. The predicted molar refractivity (Wildman–Crippen MR) is 13.4 cm³/mol. The van der Waals surface area contributed by atoms with E-state index >= 15 is 0 Å². The Morgan fingerprint density at radius 2 is 1.00 bits per heavy atom. The van der Waals surface area contributed by atoms with Crippen LogP contribution < -0.4 is 88.7 Å². The van der Waals surface area contributed by atoms with E-state index in [1.54, 1.807) is 0 Å². The molecular weight excluding hydrogens is 149 g/mol. The molecule has 2 N–H and O–H groups in total. The van der Waals surface area contributed by atoms with Crippen molar-refractivity contribution in [1.82, 2.24) is 0 Å². The van der Waals surface area contributed by atoms with Crippen LogP contribution in [0.3, 0.4) is 0 Å². The zero-order chi connectivity index (χ0) is 3.58. The largest absolute Gasteiger partial charge is 1.00 e. The summed E-state index contributed by atoms with van der Waals surface area (Å²) in [7, 11) is 0. The third kappa shape index (κ3) is 48.1. The van der Waals surface area contributed by atoms with E-state index in [1.807, 2.05) is 0 Å². The first-order chi connectivity index (χ1) is 1.73. The summed E-state index contributed by atoms with van der Waals surface area (Å²) >= 11 is -2.61. The number of rotatable bonds is 0. The van der Waals surface area contributed by atoms with Crippen molar-refractivity contribution in [2.75, 3.05) is 0 Å². The zero-order valence-electron chi connectivity index (χ0n) is 4.71. The van der Waals surface area contributed by atoms with Crippen molar-refractivity contribution in [3.8, 4) is 0 Å². The quantitative estimate of drug-likeness (QED) is 0.267. The Morgan fingerprint density at radius 3 is 1.00 bits per heavy atom. The Balaban J connectivity index is -0.0000000150. The van der Waals surface area contributed by atoms with Crippen molar-refractivity contribution in [3.63, 3.8) is 0 Å². The molecule has 0 spiro atoms. The Morgan fingerprint density at radius 1 is 1.00 bits per heavy atom. The molecule has 0 heterocycles. The van der Waals surface area contributed by atoms with Crippen LogP contribution in [0.15, 0.2) is 0 Å². The summed E-state index contributed by atoms with van der Waals surface area (Å²) in [4.78, 5) is 0. The number of hydrogen-bond acceptors (Lipinski definition) is 1. The summed E-state index contributed by atoms with van der Waals surface area (Å²) < 4.78 is 22.8. The SMILES string of the molecule is O=S(O)O.[Na+].[Na+].[Na+]. The van der Waals surface area contributed by atoms with Gasteiger partial charge < -0.3 is 0 Å². The zero-order valence-corrected chi connectivity index (χ0v) is 11.5. The standard InChI is InChI=1S/3Na.H2O3S/c;;;1-4(2)3/h;;;(H2,1,2,3)/q3*+1;. The van der Waals surface area contributed by atoms with E-state index < -0.39 is 11.4 Å². The molecule has 0 amide bonds. The van der Waals surface area contributed by atoms with E-state index in [4.69, 9.17) is 13.3 Å². The molecule has 26 valence electrons. The normalized spacial score (nSPS) is 5.00. The van der Waals surface area contributed by atoms with Crippen LogP contribution in [0.25, 0.3) is 0 Å². The number of hydrogen-bond donors (Lipinski definition) is 2. The summed E-state index contributed by atoms with van der Waals surface area (Å²) in [6.45, 7) is 0. The van der Waals surface area contributed by atoms with Crippen LogP contribution >= 0.6 is 0 Å². The molecule has 7 heavy (non-hydrogen) atoms. The maximum Gasteiger partial charge on any atom is 1.00 e. The van der Waals surface area contributed by atoms with Crippen LogP contribution in [0.1, 0.15) is 0 Å². The van der Waals surface area contributed by atoms with Gasteiger partial charge in [0, 0.05) is 0 Å². The van der Waals surface area contributed by atoms with E-state index in [0.717, 1.165) is 0 Å². The first-order valence-corrected chi connectivity index (χ1v) is 1.60. The molecule has 0 saturated carbocycles. The van der Waals surface area contributed by atoms with Crippen LogP contribution in [0.2, 0.25) is 0 Å². The first-order valence-electron chi connectivity index (χ1n) is 0.532. The van der Waals surface area contributed by atoms with E-state index in [9.17, 15) is 0 Å². The minimum absolute atomic E-state index is 0. The summed E-state index contributed by atoms with van der Waals surface area (Å²) in [6.07, 6.45) is 0. The average Bonchev–Trinajstić information content (AvgIpc) is 0.811. The summed E-state index contributed by atoms with van der Waals surface area (Å²) in [6, 6.07) is 0. The predicted octanol–water partition coefficient (Wildman–Crippen LogP) is -9.31. The molecule has 0 aliphatic rings. The molecular formula is H2Na3O3S+3.